The van der Waals surface area contributed by atoms with E-state index >= 15 is 0 Å². The van der Waals surface area contributed by atoms with Crippen molar-refractivity contribution in [2.45, 2.75) is 33.5 Å². The minimum absolute atomic E-state index is 0.183. The lowest BCUT2D eigenvalue weighted by Crippen LogP contribution is -2.23. The van der Waals surface area contributed by atoms with Crippen molar-refractivity contribution in [1.29, 1.82) is 5.26 Å². The van der Waals surface area contributed by atoms with Crippen molar-refractivity contribution in [3.05, 3.63) is 118 Å². The lowest BCUT2D eigenvalue weighted by molar-refractivity contribution is 0.0950. The topological polar surface area (TPSA) is 79.9 Å². The Labute approximate surface area is 199 Å². The quantitative estimate of drug-likeness (QED) is 0.413. The Morgan fingerprint density at radius 2 is 1.79 bits per heavy atom. The zero-order valence-corrected chi connectivity index (χ0v) is 19.3. The Bertz CT molecular complexity index is 1340. The van der Waals surface area contributed by atoms with Crippen molar-refractivity contribution in [1.82, 2.24) is 15.1 Å². The molecule has 0 aliphatic carbocycles. The van der Waals surface area contributed by atoms with E-state index in [1.54, 1.807) is 30.3 Å². The van der Waals surface area contributed by atoms with Gasteiger partial charge in [-0.1, -0.05) is 54.6 Å². The number of nitrogens with one attached hydrogen (secondary N) is 1. The molecule has 6 heteroatoms. The summed E-state index contributed by atoms with van der Waals surface area (Å²) in [6.07, 6.45) is 0. The zero-order chi connectivity index (χ0) is 23.9. The number of rotatable bonds is 8. The molecular weight excluding hydrogens is 424 g/mol. The summed E-state index contributed by atoms with van der Waals surface area (Å²) in [5.74, 6) is 0.390. The molecule has 4 aromatic rings. The molecule has 0 unspecified atom stereocenters. The van der Waals surface area contributed by atoms with E-state index in [0.29, 0.717) is 30.0 Å². The predicted molar refractivity (Wildman–Crippen MR) is 130 cm³/mol. The number of carbonyl (C=O) groups excluding carboxylic acids is 1. The molecule has 1 heterocycles. The maximum Gasteiger partial charge on any atom is 0.251 e. The Kier molecular flexibility index (Phi) is 7.04. The standard InChI is InChI=1S/C28H26N4O2/c1-20-27(21(2)32(31-20)18-22-9-4-3-5-10-22)17-30-28(33)23-13-8-14-26(15-23)34-19-25-12-7-6-11-24(25)16-29/h3-15H,17-19H2,1-2H3,(H,30,33). The fraction of sp³-hybridized carbons (Fsp3) is 0.179. The van der Waals surface area contributed by atoms with Crippen molar-refractivity contribution in [3.63, 3.8) is 0 Å². The van der Waals surface area contributed by atoms with E-state index in [9.17, 15) is 10.1 Å². The molecule has 3 aromatic carbocycles. The number of ether oxygens (including phenoxy) is 1. The van der Waals surface area contributed by atoms with Gasteiger partial charge in [0.05, 0.1) is 23.9 Å². The number of hydrogen-bond acceptors (Lipinski definition) is 4. The van der Waals surface area contributed by atoms with E-state index in [0.717, 1.165) is 22.5 Å². The Morgan fingerprint density at radius 1 is 1.03 bits per heavy atom. The molecule has 170 valence electrons. The fourth-order valence-corrected chi connectivity index (χ4v) is 3.81. The van der Waals surface area contributed by atoms with Crippen molar-refractivity contribution in [3.8, 4) is 11.8 Å². The van der Waals surface area contributed by atoms with Crippen LogP contribution in [0.2, 0.25) is 0 Å². The van der Waals surface area contributed by atoms with Gasteiger partial charge in [-0.3, -0.25) is 9.48 Å². The first kappa shape index (κ1) is 22.8. The van der Waals surface area contributed by atoms with Gasteiger partial charge in [0.15, 0.2) is 0 Å². The first-order valence-electron chi connectivity index (χ1n) is 11.1. The van der Waals surface area contributed by atoms with Gasteiger partial charge < -0.3 is 10.1 Å². The van der Waals surface area contributed by atoms with Crippen LogP contribution in [0.25, 0.3) is 0 Å². The summed E-state index contributed by atoms with van der Waals surface area (Å²) in [5, 5.41) is 16.9. The van der Waals surface area contributed by atoms with Crippen LogP contribution in [-0.4, -0.2) is 15.7 Å². The summed E-state index contributed by atoms with van der Waals surface area (Å²) in [6, 6.07) is 26.7. The molecule has 0 atom stereocenters. The second-order valence-electron chi connectivity index (χ2n) is 8.06. The molecule has 34 heavy (non-hydrogen) atoms. The number of hydrogen-bond donors (Lipinski definition) is 1. The molecule has 0 radical (unpaired) electrons. The highest BCUT2D eigenvalue weighted by atomic mass is 16.5. The van der Waals surface area contributed by atoms with Crippen LogP contribution in [0.1, 0.15) is 44.0 Å². The van der Waals surface area contributed by atoms with Crippen LogP contribution in [-0.2, 0) is 19.7 Å². The average Bonchev–Trinajstić information content (AvgIpc) is 3.14. The average molecular weight is 451 g/mol. The van der Waals surface area contributed by atoms with Crippen molar-refractivity contribution < 1.29 is 9.53 Å². The SMILES string of the molecule is Cc1nn(Cc2ccccc2)c(C)c1CNC(=O)c1cccc(OCc2ccccc2C#N)c1. The summed E-state index contributed by atoms with van der Waals surface area (Å²) in [4.78, 5) is 12.8. The highest BCUT2D eigenvalue weighted by Crippen LogP contribution is 2.18. The summed E-state index contributed by atoms with van der Waals surface area (Å²) in [5.41, 5.74) is 6.03. The van der Waals surface area contributed by atoms with Crippen LogP contribution in [0.5, 0.6) is 5.75 Å². The Balaban J connectivity index is 1.39. The summed E-state index contributed by atoms with van der Waals surface area (Å²) >= 11 is 0. The van der Waals surface area contributed by atoms with Gasteiger partial charge in [-0.05, 0) is 43.7 Å². The van der Waals surface area contributed by atoms with Crippen molar-refractivity contribution in [2.24, 2.45) is 0 Å². The normalized spacial score (nSPS) is 10.5. The smallest absolute Gasteiger partial charge is 0.251 e. The number of amides is 1. The third kappa shape index (κ3) is 5.33. The van der Waals surface area contributed by atoms with Gasteiger partial charge in [0, 0.05) is 28.9 Å². The number of nitrogens with zero attached hydrogens (tertiary/aromatic N) is 3. The molecule has 0 aliphatic heterocycles. The monoisotopic (exact) mass is 450 g/mol. The molecule has 1 N–H and O–H groups in total. The molecule has 0 spiro atoms. The number of nitriles is 1. The van der Waals surface area contributed by atoms with Crippen LogP contribution in [0.4, 0.5) is 0 Å². The molecule has 1 aromatic heterocycles. The van der Waals surface area contributed by atoms with Crippen molar-refractivity contribution in [2.75, 3.05) is 0 Å². The maximum atomic E-state index is 12.8. The van der Waals surface area contributed by atoms with Gasteiger partial charge in [-0.25, -0.2) is 0 Å². The van der Waals surface area contributed by atoms with Gasteiger partial charge in [0.2, 0.25) is 0 Å². The molecular formula is C28H26N4O2. The maximum absolute atomic E-state index is 12.8. The van der Waals surface area contributed by atoms with Gasteiger partial charge in [0.1, 0.15) is 12.4 Å². The minimum atomic E-state index is -0.183. The molecule has 6 nitrogen and oxygen atoms in total. The molecule has 1 amide bonds. The first-order chi connectivity index (χ1) is 16.5. The van der Waals surface area contributed by atoms with Gasteiger partial charge in [-0.15, -0.1) is 0 Å². The lowest BCUT2D eigenvalue weighted by atomic mass is 10.1. The first-order valence-corrected chi connectivity index (χ1v) is 11.1. The van der Waals surface area contributed by atoms with E-state index in [-0.39, 0.29) is 12.5 Å². The minimum Gasteiger partial charge on any atom is -0.489 e. The fourth-order valence-electron chi connectivity index (χ4n) is 3.81. The van der Waals surface area contributed by atoms with E-state index in [1.807, 2.05) is 54.9 Å². The van der Waals surface area contributed by atoms with E-state index in [4.69, 9.17) is 4.74 Å². The second-order valence-corrected chi connectivity index (χ2v) is 8.06. The van der Waals surface area contributed by atoms with Crippen molar-refractivity contribution >= 4 is 5.91 Å². The summed E-state index contributed by atoms with van der Waals surface area (Å²) in [6.45, 7) is 5.33. The Morgan fingerprint density at radius 3 is 2.59 bits per heavy atom. The molecule has 0 saturated heterocycles. The molecule has 4 rings (SSSR count). The van der Waals surface area contributed by atoms with Crippen LogP contribution < -0.4 is 10.1 Å². The third-order valence-electron chi connectivity index (χ3n) is 5.76. The van der Waals surface area contributed by atoms with Crippen LogP contribution in [0, 0.1) is 25.2 Å². The lowest BCUT2D eigenvalue weighted by Gasteiger charge is -2.10. The van der Waals surface area contributed by atoms with Gasteiger partial charge in [-0.2, -0.15) is 10.4 Å². The molecule has 0 fully saturated rings. The van der Waals surface area contributed by atoms with Gasteiger partial charge in [0.25, 0.3) is 5.91 Å². The van der Waals surface area contributed by atoms with E-state index < -0.39 is 0 Å². The number of benzene rings is 3. The van der Waals surface area contributed by atoms with Crippen LogP contribution >= 0.6 is 0 Å². The Hall–Kier alpha value is -4.37. The zero-order valence-electron chi connectivity index (χ0n) is 19.3. The van der Waals surface area contributed by atoms with Crippen LogP contribution in [0.15, 0.2) is 78.9 Å². The van der Waals surface area contributed by atoms with Crippen LogP contribution in [0.3, 0.4) is 0 Å². The third-order valence-corrected chi connectivity index (χ3v) is 5.76. The number of aromatic nitrogens is 2. The number of carbonyl (C=O) groups is 1. The predicted octanol–water partition coefficient (Wildman–Crippen LogP) is 4.93. The second kappa shape index (κ2) is 10.5. The molecule has 0 saturated carbocycles. The van der Waals surface area contributed by atoms with Gasteiger partial charge >= 0.3 is 0 Å². The highest BCUT2D eigenvalue weighted by Gasteiger charge is 2.14. The number of aryl methyl sites for hydroxylation is 1. The molecule has 0 bridgehead atoms. The van der Waals surface area contributed by atoms with E-state index in [2.05, 4.69) is 28.6 Å². The largest absolute Gasteiger partial charge is 0.489 e. The van der Waals surface area contributed by atoms with E-state index in [1.165, 1.54) is 5.56 Å². The highest BCUT2D eigenvalue weighted by molar-refractivity contribution is 5.94. The summed E-state index contributed by atoms with van der Waals surface area (Å²) in [7, 11) is 0. The summed E-state index contributed by atoms with van der Waals surface area (Å²) < 4.78 is 7.81. The molecule has 0 aliphatic rings.